The smallest absolute Gasteiger partial charge is 0.171 e. The molecule has 0 saturated carbocycles. The molecular weight excluding hydrogens is 312 g/mol. The third kappa shape index (κ3) is 4.81. The van der Waals surface area contributed by atoms with Crippen molar-refractivity contribution in [1.29, 1.82) is 0 Å². The van der Waals surface area contributed by atoms with E-state index in [4.69, 9.17) is 4.74 Å². The Morgan fingerprint density at radius 2 is 1.60 bits per heavy atom. The molecule has 0 heterocycles. The van der Waals surface area contributed by atoms with Gasteiger partial charge in [-0.05, 0) is 30.1 Å². The number of allylic oxidation sites excluding steroid dienone is 2. The van der Waals surface area contributed by atoms with Gasteiger partial charge in [0.15, 0.2) is 11.5 Å². The Balaban J connectivity index is 3.36. The maximum atomic E-state index is 10.6. The number of benzene rings is 1. The highest BCUT2D eigenvalue weighted by Gasteiger charge is 2.28. The fourth-order valence-corrected chi connectivity index (χ4v) is 3.27. The van der Waals surface area contributed by atoms with Crippen molar-refractivity contribution < 1.29 is 14.9 Å². The Morgan fingerprint density at radius 1 is 1.04 bits per heavy atom. The highest BCUT2D eigenvalue weighted by molar-refractivity contribution is 5.56. The van der Waals surface area contributed by atoms with Gasteiger partial charge in [0.25, 0.3) is 0 Å². The third-order valence-electron chi connectivity index (χ3n) is 4.59. The second-order valence-corrected chi connectivity index (χ2v) is 8.60. The average Bonchev–Trinajstić information content (AvgIpc) is 2.49. The van der Waals surface area contributed by atoms with Crippen LogP contribution in [-0.2, 0) is 5.41 Å². The summed E-state index contributed by atoms with van der Waals surface area (Å²) in [6.07, 6.45) is 5.05. The first kappa shape index (κ1) is 21.1. The Bertz CT molecular complexity index is 749. The molecule has 0 aliphatic carbocycles. The van der Waals surface area contributed by atoms with Crippen LogP contribution in [-0.4, -0.2) is 17.3 Å². The number of rotatable bonds is 6. The monoisotopic (exact) mass is 346 g/mol. The molecule has 0 atom stereocenters. The van der Waals surface area contributed by atoms with Crippen LogP contribution in [0.5, 0.6) is 17.2 Å². The van der Waals surface area contributed by atoms with Crippen molar-refractivity contribution in [3.63, 3.8) is 0 Å². The van der Waals surface area contributed by atoms with E-state index in [0.29, 0.717) is 16.0 Å². The van der Waals surface area contributed by atoms with Gasteiger partial charge in [0, 0.05) is 10.8 Å². The lowest BCUT2D eigenvalue weighted by molar-refractivity contribution is 0.355. The molecule has 1 rings (SSSR count). The zero-order chi connectivity index (χ0) is 19.6. The normalized spacial score (nSPS) is 13.2. The Kier molecular flexibility index (Phi) is 6.39. The minimum atomic E-state index is -0.393. The number of phenolic OH excluding ortho intramolecular Hbond substituents is 2. The van der Waals surface area contributed by atoms with Crippen molar-refractivity contribution in [2.24, 2.45) is 5.41 Å². The first-order valence-electron chi connectivity index (χ1n) is 8.83. The average molecular weight is 347 g/mol. The van der Waals surface area contributed by atoms with E-state index in [1.165, 1.54) is 12.7 Å². The molecule has 1 aromatic rings. The van der Waals surface area contributed by atoms with Crippen LogP contribution in [0.3, 0.4) is 0 Å². The summed E-state index contributed by atoms with van der Waals surface area (Å²) in [7, 11) is 1.44. The summed E-state index contributed by atoms with van der Waals surface area (Å²) in [6.45, 7) is 20.8. The zero-order valence-corrected chi connectivity index (χ0v) is 16.9. The molecule has 0 radical (unpaired) electrons. The Hall–Kier alpha value is -1.90. The van der Waals surface area contributed by atoms with E-state index >= 15 is 0 Å². The van der Waals surface area contributed by atoms with Gasteiger partial charge in [-0.3, -0.25) is 0 Å². The van der Waals surface area contributed by atoms with Crippen LogP contribution in [0, 0.1) is 5.41 Å². The van der Waals surface area contributed by atoms with Crippen LogP contribution in [0.4, 0.5) is 0 Å². The first-order valence-corrected chi connectivity index (χ1v) is 8.83. The summed E-state index contributed by atoms with van der Waals surface area (Å²) in [4.78, 5) is 0. The van der Waals surface area contributed by atoms with Crippen molar-refractivity contribution in [3.8, 4) is 17.2 Å². The molecule has 0 aliphatic heterocycles. The molecule has 0 unspecified atom stereocenters. The van der Waals surface area contributed by atoms with Crippen LogP contribution in [0.25, 0.3) is 13.2 Å². The predicted octanol–water partition coefficient (Wildman–Crippen LogP) is 4.37. The molecule has 0 spiro atoms. The molecule has 1 aromatic carbocycles. The molecular formula is C22H34O3. The number of aromatic hydroxyl groups is 2. The molecule has 0 amide bonds. The molecule has 0 saturated heterocycles. The lowest BCUT2D eigenvalue weighted by Crippen LogP contribution is -2.29. The zero-order valence-electron chi connectivity index (χ0n) is 16.9. The number of hydrogen-bond donors (Lipinski definition) is 2. The summed E-state index contributed by atoms with van der Waals surface area (Å²) in [5, 5.41) is 21.7. The second kappa shape index (κ2) is 7.55. The van der Waals surface area contributed by atoms with Gasteiger partial charge in [0.05, 0.1) is 12.3 Å². The Labute approximate surface area is 152 Å². The van der Waals surface area contributed by atoms with E-state index < -0.39 is 5.41 Å². The number of hydrogen-bond acceptors (Lipinski definition) is 3. The van der Waals surface area contributed by atoms with Crippen LogP contribution in [0.15, 0.2) is 11.6 Å². The lowest BCUT2D eigenvalue weighted by Gasteiger charge is -2.28. The van der Waals surface area contributed by atoms with Gasteiger partial charge in [-0.15, -0.1) is 0 Å². The molecule has 25 heavy (non-hydrogen) atoms. The topological polar surface area (TPSA) is 49.7 Å². The standard InChI is InChI=1S/C22H34O3/c1-10-16(13-21(4,5)6)11-12-22(7,8)17-14(2)19(24)20(25-9)15(3)18(17)23/h11,23-24H,2-3,10,12-13H2,1,4-9H3. The summed E-state index contributed by atoms with van der Waals surface area (Å²) >= 11 is 0. The summed E-state index contributed by atoms with van der Waals surface area (Å²) in [6, 6.07) is 0. The van der Waals surface area contributed by atoms with Crippen molar-refractivity contribution in [3.05, 3.63) is 27.6 Å². The lowest BCUT2D eigenvalue weighted by atomic mass is 9.78. The van der Waals surface area contributed by atoms with Gasteiger partial charge in [-0.25, -0.2) is 0 Å². The van der Waals surface area contributed by atoms with E-state index in [-0.39, 0.29) is 22.7 Å². The molecule has 140 valence electrons. The predicted molar refractivity (Wildman–Crippen MR) is 107 cm³/mol. The van der Waals surface area contributed by atoms with Crippen molar-refractivity contribution in [2.75, 3.05) is 7.11 Å². The van der Waals surface area contributed by atoms with Crippen molar-refractivity contribution >= 4 is 13.2 Å². The minimum Gasteiger partial charge on any atom is -0.507 e. The van der Waals surface area contributed by atoms with Gasteiger partial charge < -0.3 is 14.9 Å². The minimum absolute atomic E-state index is 0.0481. The van der Waals surface area contributed by atoms with Crippen LogP contribution >= 0.6 is 0 Å². The molecule has 0 aromatic heterocycles. The van der Waals surface area contributed by atoms with Crippen molar-refractivity contribution in [1.82, 2.24) is 0 Å². The highest BCUT2D eigenvalue weighted by atomic mass is 16.5. The number of methoxy groups -OCH3 is 1. The highest BCUT2D eigenvalue weighted by Crippen LogP contribution is 2.35. The fraction of sp³-hybridized carbons (Fsp3) is 0.545. The maximum absolute atomic E-state index is 10.6. The van der Waals surface area contributed by atoms with E-state index in [1.54, 1.807) is 0 Å². The van der Waals surface area contributed by atoms with Crippen LogP contribution in [0.2, 0.25) is 0 Å². The van der Waals surface area contributed by atoms with Gasteiger partial charge in [0.1, 0.15) is 5.75 Å². The summed E-state index contributed by atoms with van der Waals surface area (Å²) in [5.41, 5.74) is 1.87. The number of ether oxygens (including phenoxy) is 1. The Morgan fingerprint density at radius 3 is 2.04 bits per heavy atom. The van der Waals surface area contributed by atoms with E-state index in [1.807, 2.05) is 13.8 Å². The first-order chi connectivity index (χ1) is 11.4. The van der Waals surface area contributed by atoms with E-state index in [9.17, 15) is 10.2 Å². The summed E-state index contributed by atoms with van der Waals surface area (Å²) in [5.74, 6) is 0.175. The molecule has 3 heteroatoms. The quantitative estimate of drug-likeness (QED) is 0.594. The molecule has 0 fully saturated rings. The SMILES string of the molecule is C=c1c(O)c(C(C)(C)CC=C(CC)CC(C)(C)C)c(=C)c(O)c1OC. The fourth-order valence-electron chi connectivity index (χ4n) is 3.27. The molecule has 0 aliphatic rings. The van der Waals surface area contributed by atoms with Gasteiger partial charge in [-0.1, -0.05) is 66.3 Å². The molecule has 0 bridgehead atoms. The van der Waals surface area contributed by atoms with E-state index in [0.717, 1.165) is 19.3 Å². The van der Waals surface area contributed by atoms with Crippen molar-refractivity contribution in [2.45, 2.75) is 66.2 Å². The van der Waals surface area contributed by atoms with Crippen LogP contribution in [0.1, 0.15) is 66.4 Å². The molecule has 3 nitrogen and oxygen atoms in total. The van der Waals surface area contributed by atoms with Crippen LogP contribution < -0.4 is 15.2 Å². The van der Waals surface area contributed by atoms with Gasteiger partial charge in [0.2, 0.25) is 0 Å². The van der Waals surface area contributed by atoms with Gasteiger partial charge in [-0.2, -0.15) is 0 Å². The van der Waals surface area contributed by atoms with E-state index in [2.05, 4.69) is 46.9 Å². The molecule has 2 N–H and O–H groups in total. The maximum Gasteiger partial charge on any atom is 0.171 e. The largest absolute Gasteiger partial charge is 0.507 e. The third-order valence-corrected chi connectivity index (χ3v) is 4.59. The number of phenols is 2. The second-order valence-electron chi connectivity index (χ2n) is 8.60. The summed E-state index contributed by atoms with van der Waals surface area (Å²) < 4.78 is 5.15. The van der Waals surface area contributed by atoms with Gasteiger partial charge >= 0.3 is 0 Å².